The second kappa shape index (κ2) is 8.54. The van der Waals surface area contributed by atoms with Crippen LogP contribution in [-0.2, 0) is 14.3 Å². The first-order valence-corrected chi connectivity index (χ1v) is 8.71. The standard InChI is InChI=1S/C17H19Cl2NO5/c1-2-25-16(22)9-15(21)10-3-4-20(17(23)24)14(7-10)11-5-12(18)8-13(19)6-11/h5-6,8,10,14H,2-4,7,9H2,1H3,(H,23,24). The highest BCUT2D eigenvalue weighted by molar-refractivity contribution is 6.34. The third kappa shape index (κ3) is 5.09. The molecule has 25 heavy (non-hydrogen) atoms. The molecule has 8 heteroatoms. The van der Waals surface area contributed by atoms with Gasteiger partial charge in [0.05, 0.1) is 12.6 Å². The molecule has 1 aliphatic heterocycles. The number of rotatable bonds is 5. The van der Waals surface area contributed by atoms with Crippen LogP contribution in [0.25, 0.3) is 0 Å². The van der Waals surface area contributed by atoms with E-state index in [1.54, 1.807) is 25.1 Å². The lowest BCUT2D eigenvalue weighted by Crippen LogP contribution is -2.42. The van der Waals surface area contributed by atoms with Gasteiger partial charge in [-0.3, -0.25) is 9.59 Å². The number of benzene rings is 1. The Bertz CT molecular complexity index is 659. The molecule has 1 saturated heterocycles. The van der Waals surface area contributed by atoms with Crippen LogP contribution in [-0.4, -0.2) is 41.0 Å². The van der Waals surface area contributed by atoms with Crippen LogP contribution >= 0.6 is 23.2 Å². The van der Waals surface area contributed by atoms with Crippen molar-refractivity contribution >= 4 is 41.0 Å². The molecule has 0 spiro atoms. The van der Waals surface area contributed by atoms with E-state index in [9.17, 15) is 19.5 Å². The van der Waals surface area contributed by atoms with Crippen LogP contribution in [0.4, 0.5) is 4.79 Å². The number of halogens is 2. The van der Waals surface area contributed by atoms with E-state index >= 15 is 0 Å². The SMILES string of the molecule is CCOC(=O)CC(=O)C1CCN(C(=O)O)C(c2cc(Cl)cc(Cl)c2)C1. The van der Waals surface area contributed by atoms with Crippen molar-refractivity contribution in [2.45, 2.75) is 32.2 Å². The zero-order valence-electron chi connectivity index (χ0n) is 13.7. The highest BCUT2D eigenvalue weighted by Crippen LogP contribution is 2.37. The van der Waals surface area contributed by atoms with E-state index in [4.69, 9.17) is 27.9 Å². The van der Waals surface area contributed by atoms with Crippen molar-refractivity contribution in [2.75, 3.05) is 13.2 Å². The Hall–Kier alpha value is -1.79. The average Bonchev–Trinajstić information content (AvgIpc) is 2.53. The molecule has 0 aromatic heterocycles. The van der Waals surface area contributed by atoms with Gasteiger partial charge in [-0.2, -0.15) is 0 Å². The number of carbonyl (C=O) groups excluding carboxylic acids is 2. The summed E-state index contributed by atoms with van der Waals surface area (Å²) in [4.78, 5) is 36.7. The van der Waals surface area contributed by atoms with Gasteiger partial charge in [0.15, 0.2) is 0 Å². The molecule has 1 amide bonds. The number of hydrogen-bond acceptors (Lipinski definition) is 4. The van der Waals surface area contributed by atoms with Crippen LogP contribution in [0, 0.1) is 5.92 Å². The number of nitrogens with zero attached hydrogens (tertiary/aromatic N) is 1. The number of ketones is 1. The van der Waals surface area contributed by atoms with E-state index < -0.39 is 24.0 Å². The summed E-state index contributed by atoms with van der Waals surface area (Å²) in [5.74, 6) is -1.21. The molecule has 1 aliphatic rings. The molecule has 136 valence electrons. The predicted molar refractivity (Wildman–Crippen MR) is 92.9 cm³/mol. The van der Waals surface area contributed by atoms with Crippen LogP contribution < -0.4 is 0 Å². The summed E-state index contributed by atoms with van der Waals surface area (Å²) in [6.07, 6.45) is -0.720. The van der Waals surface area contributed by atoms with Crippen LogP contribution in [0.1, 0.15) is 37.8 Å². The van der Waals surface area contributed by atoms with Crippen molar-refractivity contribution < 1.29 is 24.2 Å². The maximum Gasteiger partial charge on any atom is 0.407 e. The molecule has 2 rings (SSSR count). The smallest absolute Gasteiger partial charge is 0.407 e. The molecule has 0 saturated carbocycles. The second-order valence-corrected chi connectivity index (χ2v) is 6.74. The summed E-state index contributed by atoms with van der Waals surface area (Å²) in [7, 11) is 0. The Morgan fingerprint density at radius 1 is 1.24 bits per heavy atom. The van der Waals surface area contributed by atoms with E-state index in [-0.39, 0.29) is 31.8 Å². The molecule has 6 nitrogen and oxygen atoms in total. The molecule has 0 bridgehead atoms. The van der Waals surface area contributed by atoms with Crippen molar-refractivity contribution in [1.29, 1.82) is 0 Å². The maximum absolute atomic E-state index is 12.4. The highest BCUT2D eigenvalue weighted by atomic mass is 35.5. The zero-order valence-corrected chi connectivity index (χ0v) is 15.2. The summed E-state index contributed by atoms with van der Waals surface area (Å²) < 4.78 is 4.81. The summed E-state index contributed by atoms with van der Waals surface area (Å²) in [6, 6.07) is 4.31. The monoisotopic (exact) mass is 387 g/mol. The second-order valence-electron chi connectivity index (χ2n) is 5.86. The zero-order chi connectivity index (χ0) is 18.6. The third-order valence-corrected chi connectivity index (χ3v) is 4.63. The minimum Gasteiger partial charge on any atom is -0.466 e. The largest absolute Gasteiger partial charge is 0.466 e. The van der Waals surface area contributed by atoms with E-state index in [1.165, 1.54) is 4.90 Å². The van der Waals surface area contributed by atoms with Crippen LogP contribution in [0.15, 0.2) is 18.2 Å². The minimum absolute atomic E-state index is 0.198. The number of ether oxygens (including phenoxy) is 1. The van der Waals surface area contributed by atoms with Crippen molar-refractivity contribution in [3.8, 4) is 0 Å². The van der Waals surface area contributed by atoms with Crippen molar-refractivity contribution in [3.05, 3.63) is 33.8 Å². The molecule has 0 aliphatic carbocycles. The van der Waals surface area contributed by atoms with Gasteiger partial charge in [-0.1, -0.05) is 23.2 Å². The number of piperidine rings is 1. The highest BCUT2D eigenvalue weighted by Gasteiger charge is 2.36. The van der Waals surface area contributed by atoms with Gasteiger partial charge in [-0.25, -0.2) is 4.79 Å². The van der Waals surface area contributed by atoms with Crippen LogP contribution in [0.5, 0.6) is 0 Å². The first kappa shape index (κ1) is 19.5. The number of carbonyl (C=O) groups is 3. The number of Topliss-reactive ketones (excluding diaryl/α,β-unsaturated/α-hetero) is 1. The molecular formula is C17H19Cl2NO5. The molecule has 1 aromatic carbocycles. The van der Waals surface area contributed by atoms with Gasteiger partial charge in [-0.05, 0) is 43.5 Å². The van der Waals surface area contributed by atoms with Gasteiger partial charge in [0.2, 0.25) is 0 Å². The fourth-order valence-corrected chi connectivity index (χ4v) is 3.61. The Morgan fingerprint density at radius 2 is 1.88 bits per heavy atom. The van der Waals surface area contributed by atoms with Crippen molar-refractivity contribution in [3.63, 3.8) is 0 Å². The van der Waals surface area contributed by atoms with Crippen molar-refractivity contribution in [1.82, 2.24) is 4.90 Å². The fourth-order valence-electron chi connectivity index (χ4n) is 3.07. The quantitative estimate of drug-likeness (QED) is 0.610. The predicted octanol–water partition coefficient (Wildman–Crippen LogP) is 3.95. The number of likely N-dealkylation sites (tertiary alicyclic amines) is 1. The van der Waals surface area contributed by atoms with E-state index in [2.05, 4.69) is 0 Å². The first-order chi connectivity index (χ1) is 11.8. The molecule has 1 aromatic rings. The maximum atomic E-state index is 12.4. The third-order valence-electron chi connectivity index (χ3n) is 4.20. The number of carboxylic acid groups (broad SMARTS) is 1. The minimum atomic E-state index is -1.07. The lowest BCUT2D eigenvalue weighted by Gasteiger charge is -2.37. The summed E-state index contributed by atoms with van der Waals surface area (Å²) in [5.41, 5.74) is 0.633. The van der Waals surface area contributed by atoms with E-state index in [0.717, 1.165) is 0 Å². The summed E-state index contributed by atoms with van der Waals surface area (Å²) >= 11 is 12.0. The van der Waals surface area contributed by atoms with Crippen LogP contribution in [0.3, 0.4) is 0 Å². The lowest BCUT2D eigenvalue weighted by molar-refractivity contribution is -0.146. The normalized spacial score (nSPS) is 20.2. The number of esters is 1. The van der Waals surface area contributed by atoms with Gasteiger partial charge < -0.3 is 14.7 Å². The Labute approximate surface area is 155 Å². The molecular weight excluding hydrogens is 369 g/mol. The first-order valence-electron chi connectivity index (χ1n) is 7.95. The number of amides is 1. The van der Waals surface area contributed by atoms with Gasteiger partial charge in [0.1, 0.15) is 12.2 Å². The topological polar surface area (TPSA) is 83.9 Å². The average molecular weight is 388 g/mol. The molecule has 1 heterocycles. The fraction of sp³-hybridized carbons (Fsp3) is 0.471. The summed E-state index contributed by atoms with van der Waals surface area (Å²) in [6.45, 7) is 2.09. The molecule has 1 N–H and O–H groups in total. The van der Waals surface area contributed by atoms with Crippen molar-refractivity contribution in [2.24, 2.45) is 5.92 Å². The molecule has 2 unspecified atom stereocenters. The Balaban J connectivity index is 2.20. The van der Waals surface area contributed by atoms with Gasteiger partial charge in [-0.15, -0.1) is 0 Å². The van der Waals surface area contributed by atoms with Crippen LogP contribution in [0.2, 0.25) is 10.0 Å². The Kier molecular flexibility index (Phi) is 6.67. The Morgan fingerprint density at radius 3 is 2.44 bits per heavy atom. The van der Waals surface area contributed by atoms with Gasteiger partial charge in [0.25, 0.3) is 0 Å². The van der Waals surface area contributed by atoms with Gasteiger partial charge >= 0.3 is 12.1 Å². The summed E-state index contributed by atoms with van der Waals surface area (Å²) in [5, 5.41) is 10.2. The van der Waals surface area contributed by atoms with E-state index in [1.807, 2.05) is 0 Å². The molecule has 1 fully saturated rings. The van der Waals surface area contributed by atoms with E-state index in [0.29, 0.717) is 22.0 Å². The lowest BCUT2D eigenvalue weighted by atomic mass is 9.84. The molecule has 0 radical (unpaired) electrons. The van der Waals surface area contributed by atoms with Gasteiger partial charge in [0, 0.05) is 22.5 Å². The number of hydrogen-bond donors (Lipinski definition) is 1. The molecule has 2 atom stereocenters.